The Morgan fingerprint density at radius 2 is 1.76 bits per heavy atom. The van der Waals surface area contributed by atoms with Crippen molar-refractivity contribution in [3.8, 4) is 0 Å². The molecule has 8 heteroatoms. The molecule has 3 atom stereocenters. The molecular formula is C25H27NO5S2. The van der Waals surface area contributed by atoms with Gasteiger partial charge in [0.1, 0.15) is 11.5 Å². The predicted octanol–water partition coefficient (Wildman–Crippen LogP) is 5.03. The van der Waals surface area contributed by atoms with E-state index < -0.39 is 28.0 Å². The Morgan fingerprint density at radius 3 is 2.36 bits per heavy atom. The fourth-order valence-corrected chi connectivity index (χ4v) is 7.13. The maximum atomic E-state index is 13.6. The van der Waals surface area contributed by atoms with E-state index in [2.05, 4.69) is 0 Å². The molecule has 1 N–H and O–H groups in total. The number of carboxylic acid groups (broad SMARTS) is 1. The first kappa shape index (κ1) is 23.6. The summed E-state index contributed by atoms with van der Waals surface area (Å²) >= 11 is 1.56. The van der Waals surface area contributed by atoms with Crippen molar-refractivity contribution in [3.05, 3.63) is 89.4 Å². The van der Waals surface area contributed by atoms with Gasteiger partial charge in [-0.3, -0.25) is 4.79 Å². The van der Waals surface area contributed by atoms with E-state index in [1.54, 1.807) is 48.2 Å². The first-order chi connectivity index (χ1) is 15.8. The van der Waals surface area contributed by atoms with Crippen molar-refractivity contribution in [2.24, 2.45) is 5.92 Å². The smallest absolute Gasteiger partial charge is 0.308 e. The maximum Gasteiger partial charge on any atom is 0.308 e. The van der Waals surface area contributed by atoms with Crippen LogP contribution in [0.25, 0.3) is 0 Å². The number of hydrogen-bond donors (Lipinski definition) is 1. The zero-order valence-corrected chi connectivity index (χ0v) is 20.2. The number of piperidine rings is 1. The maximum absolute atomic E-state index is 13.6. The summed E-state index contributed by atoms with van der Waals surface area (Å²) in [5, 5.41) is 9.74. The second kappa shape index (κ2) is 9.75. The third-order valence-electron chi connectivity index (χ3n) is 5.97. The summed E-state index contributed by atoms with van der Waals surface area (Å²) in [7, 11) is -3.92. The molecule has 1 saturated heterocycles. The number of sulfonamides is 1. The number of nitrogens with zero attached hydrogens (tertiary/aromatic N) is 1. The predicted molar refractivity (Wildman–Crippen MR) is 129 cm³/mol. The molecule has 1 aliphatic rings. The van der Waals surface area contributed by atoms with Crippen molar-refractivity contribution in [3.63, 3.8) is 0 Å². The normalized spacial score (nSPS) is 21.7. The van der Waals surface area contributed by atoms with Crippen molar-refractivity contribution < 1.29 is 22.7 Å². The Kier molecular flexibility index (Phi) is 6.97. The Labute approximate surface area is 198 Å². The number of rotatable bonds is 7. The van der Waals surface area contributed by atoms with Gasteiger partial charge < -0.3 is 9.52 Å². The highest BCUT2D eigenvalue weighted by molar-refractivity contribution is 7.99. The molecule has 1 aliphatic heterocycles. The van der Waals surface area contributed by atoms with E-state index in [4.69, 9.17) is 4.42 Å². The van der Waals surface area contributed by atoms with Gasteiger partial charge in [0.2, 0.25) is 10.0 Å². The number of aryl methyl sites for hydroxylation is 2. The van der Waals surface area contributed by atoms with Crippen LogP contribution in [0.3, 0.4) is 0 Å². The summed E-state index contributed by atoms with van der Waals surface area (Å²) in [4.78, 5) is 12.4. The Hall–Kier alpha value is -2.55. The molecule has 4 rings (SSSR count). The third kappa shape index (κ3) is 5.18. The molecular weight excluding hydrogens is 458 g/mol. The molecule has 0 spiro atoms. The summed E-state index contributed by atoms with van der Waals surface area (Å²) in [5.74, 6) is 0.0676. The van der Waals surface area contributed by atoms with Crippen LogP contribution < -0.4 is 0 Å². The Bertz CT molecular complexity index is 1210. The standard InChI is InChI=1S/C25H27NO5S2/c1-17-8-11-20(12-9-17)33(29,30)26-15-21(25(27)28)24(32-16-19-6-4-3-5-7-19)14-22(26)23-13-10-18(2)31-23/h3-13,21-22,24H,14-16H2,1-2H3,(H,27,28)/t21-,22+,24-/m1/s1. The fourth-order valence-electron chi connectivity index (χ4n) is 4.14. The molecule has 1 aromatic heterocycles. The molecule has 2 aromatic carbocycles. The van der Waals surface area contributed by atoms with Crippen LogP contribution in [0.15, 0.2) is 76.0 Å². The van der Waals surface area contributed by atoms with E-state index >= 15 is 0 Å². The Morgan fingerprint density at radius 1 is 1.06 bits per heavy atom. The highest BCUT2D eigenvalue weighted by Gasteiger charge is 2.46. The minimum absolute atomic E-state index is 0.109. The molecule has 0 unspecified atom stereocenters. The molecule has 0 aliphatic carbocycles. The molecule has 2 heterocycles. The lowest BCUT2D eigenvalue weighted by Gasteiger charge is -2.40. The highest BCUT2D eigenvalue weighted by Crippen LogP contribution is 2.43. The van der Waals surface area contributed by atoms with E-state index in [0.29, 0.717) is 23.7 Å². The number of furan rings is 1. The number of benzene rings is 2. The van der Waals surface area contributed by atoms with Gasteiger partial charge in [-0.05, 0) is 50.1 Å². The summed E-state index contributed by atoms with van der Waals surface area (Å²) in [6, 6.07) is 19.5. The van der Waals surface area contributed by atoms with Crippen molar-refractivity contribution >= 4 is 27.8 Å². The average Bonchev–Trinajstić information content (AvgIpc) is 3.24. The minimum atomic E-state index is -3.92. The SMILES string of the molecule is Cc1ccc(S(=O)(=O)N2C[C@@H](C(=O)O)[C@H](SCc3ccccc3)C[C@H]2c2ccc(C)o2)cc1. The molecule has 1 fully saturated rings. The van der Waals surface area contributed by atoms with Gasteiger partial charge in [-0.2, -0.15) is 16.1 Å². The largest absolute Gasteiger partial charge is 0.481 e. The molecule has 0 bridgehead atoms. The second-order valence-electron chi connectivity index (χ2n) is 8.37. The molecule has 0 saturated carbocycles. The molecule has 3 aromatic rings. The summed E-state index contributed by atoms with van der Waals surface area (Å²) < 4.78 is 34.4. The van der Waals surface area contributed by atoms with Crippen LogP contribution >= 0.6 is 11.8 Å². The zero-order valence-electron chi connectivity index (χ0n) is 18.5. The van der Waals surface area contributed by atoms with Crippen LogP contribution in [0.2, 0.25) is 0 Å². The van der Waals surface area contributed by atoms with E-state index in [-0.39, 0.29) is 16.7 Å². The third-order valence-corrected chi connectivity index (χ3v) is 9.31. The van der Waals surface area contributed by atoms with Gasteiger partial charge in [-0.25, -0.2) is 8.42 Å². The first-order valence-corrected chi connectivity index (χ1v) is 13.3. The van der Waals surface area contributed by atoms with Gasteiger partial charge in [0.25, 0.3) is 0 Å². The Balaban J connectivity index is 1.68. The second-order valence-corrected chi connectivity index (χ2v) is 11.5. The van der Waals surface area contributed by atoms with Crippen molar-refractivity contribution in [2.75, 3.05) is 6.54 Å². The van der Waals surface area contributed by atoms with Crippen LogP contribution in [0, 0.1) is 19.8 Å². The topological polar surface area (TPSA) is 87.8 Å². The molecule has 33 heavy (non-hydrogen) atoms. The quantitative estimate of drug-likeness (QED) is 0.505. The molecule has 6 nitrogen and oxygen atoms in total. The van der Waals surface area contributed by atoms with Crippen LogP contribution in [-0.4, -0.2) is 35.6 Å². The lowest BCUT2D eigenvalue weighted by molar-refractivity contribution is -0.143. The van der Waals surface area contributed by atoms with Crippen LogP contribution in [0.5, 0.6) is 0 Å². The van der Waals surface area contributed by atoms with E-state index in [9.17, 15) is 18.3 Å². The summed E-state index contributed by atoms with van der Waals surface area (Å²) in [6.45, 7) is 3.59. The molecule has 174 valence electrons. The van der Waals surface area contributed by atoms with Crippen LogP contribution in [0.4, 0.5) is 0 Å². The van der Waals surface area contributed by atoms with Gasteiger partial charge in [-0.1, -0.05) is 48.0 Å². The number of aliphatic carboxylic acids is 1. The van der Waals surface area contributed by atoms with Gasteiger partial charge >= 0.3 is 5.97 Å². The van der Waals surface area contributed by atoms with Gasteiger partial charge in [-0.15, -0.1) is 0 Å². The molecule has 0 amide bonds. The molecule has 0 radical (unpaired) electrons. The summed E-state index contributed by atoms with van der Waals surface area (Å²) in [5.41, 5.74) is 2.05. The van der Waals surface area contributed by atoms with Crippen LogP contribution in [0.1, 0.15) is 35.1 Å². The van der Waals surface area contributed by atoms with Crippen molar-refractivity contribution in [1.82, 2.24) is 4.31 Å². The number of thioether (sulfide) groups is 1. The van der Waals surface area contributed by atoms with Gasteiger partial charge in [0.15, 0.2) is 0 Å². The van der Waals surface area contributed by atoms with Gasteiger partial charge in [0, 0.05) is 17.5 Å². The fraction of sp³-hybridized carbons (Fsp3) is 0.320. The lowest BCUT2D eigenvalue weighted by Crippen LogP contribution is -2.49. The van der Waals surface area contributed by atoms with Crippen molar-refractivity contribution in [1.29, 1.82) is 0 Å². The highest BCUT2D eigenvalue weighted by atomic mass is 32.2. The number of hydrogen-bond acceptors (Lipinski definition) is 5. The van der Waals surface area contributed by atoms with Crippen molar-refractivity contribution in [2.45, 2.75) is 42.2 Å². The van der Waals surface area contributed by atoms with E-state index in [1.165, 1.54) is 4.31 Å². The van der Waals surface area contributed by atoms with E-state index in [0.717, 1.165) is 11.1 Å². The van der Waals surface area contributed by atoms with Crippen LogP contribution in [-0.2, 0) is 20.6 Å². The number of carbonyl (C=O) groups is 1. The summed E-state index contributed by atoms with van der Waals surface area (Å²) in [6.07, 6.45) is 0.354. The van der Waals surface area contributed by atoms with Gasteiger partial charge in [0.05, 0.1) is 16.9 Å². The van der Waals surface area contributed by atoms with E-state index in [1.807, 2.05) is 44.2 Å². The lowest BCUT2D eigenvalue weighted by atomic mass is 9.93. The first-order valence-electron chi connectivity index (χ1n) is 10.8. The zero-order chi connectivity index (χ0) is 23.6. The average molecular weight is 486 g/mol. The number of carboxylic acids is 1. The minimum Gasteiger partial charge on any atom is -0.481 e. The monoisotopic (exact) mass is 485 g/mol.